The molecule has 0 spiro atoms. The zero-order chi connectivity index (χ0) is 23.7. The molecule has 1 aromatic carbocycles. The Hall–Kier alpha value is -3.50. The van der Waals surface area contributed by atoms with E-state index in [9.17, 15) is 31.1 Å². The van der Waals surface area contributed by atoms with E-state index in [1.54, 1.807) is 12.1 Å². The number of anilines is 1. The Morgan fingerprint density at radius 2 is 1.88 bits per heavy atom. The van der Waals surface area contributed by atoms with Gasteiger partial charge in [-0.3, -0.25) is 9.48 Å². The Balaban J connectivity index is 1.87. The van der Waals surface area contributed by atoms with Crippen LogP contribution in [-0.4, -0.2) is 15.7 Å². The van der Waals surface area contributed by atoms with Crippen molar-refractivity contribution < 1.29 is 35.6 Å². The smallest absolute Gasteiger partial charge is 0.416 e. The SMILES string of the molecule is Cc1nn(C(C)c2ccc(C(F)(F)F)cc2C(F)(F)F)cc1NC(=O)C=Cc1ccco1. The fourth-order valence-electron chi connectivity index (χ4n) is 3.01. The number of halogens is 6. The summed E-state index contributed by atoms with van der Waals surface area (Å²) in [6, 6.07) is 3.69. The molecule has 1 N–H and O–H groups in total. The van der Waals surface area contributed by atoms with E-state index < -0.39 is 35.4 Å². The molecule has 0 aliphatic heterocycles. The van der Waals surface area contributed by atoms with Crippen molar-refractivity contribution in [3.8, 4) is 0 Å². The van der Waals surface area contributed by atoms with Gasteiger partial charge < -0.3 is 9.73 Å². The molecule has 170 valence electrons. The van der Waals surface area contributed by atoms with Crippen molar-refractivity contribution in [2.75, 3.05) is 5.32 Å². The average molecular weight is 457 g/mol. The minimum Gasteiger partial charge on any atom is -0.465 e. The van der Waals surface area contributed by atoms with E-state index >= 15 is 0 Å². The van der Waals surface area contributed by atoms with Gasteiger partial charge in [0.2, 0.25) is 5.91 Å². The van der Waals surface area contributed by atoms with Gasteiger partial charge in [-0.2, -0.15) is 31.4 Å². The normalized spacial score (nSPS) is 13.5. The van der Waals surface area contributed by atoms with Crippen molar-refractivity contribution in [2.45, 2.75) is 32.2 Å². The lowest BCUT2D eigenvalue weighted by atomic mass is 9.98. The second-order valence-corrected chi connectivity index (χ2v) is 6.92. The molecule has 2 aromatic heterocycles. The first kappa shape index (κ1) is 23.2. The standard InChI is InChI=1S/C21H17F6N3O2/c1-12-18(28-19(31)8-6-15-4-3-9-32-15)11-30(29-12)13(2)16-7-5-14(20(22,23)24)10-17(16)21(25,26)27/h3-11,13H,1-2H3,(H,28,31). The number of furan rings is 1. The molecule has 0 aliphatic carbocycles. The number of nitrogens with one attached hydrogen (secondary N) is 1. The molecule has 0 radical (unpaired) electrons. The van der Waals surface area contributed by atoms with Gasteiger partial charge >= 0.3 is 12.4 Å². The number of hydrogen-bond donors (Lipinski definition) is 1. The minimum absolute atomic E-state index is 0.0876. The van der Waals surface area contributed by atoms with Gasteiger partial charge in [-0.25, -0.2) is 0 Å². The number of alkyl halides is 6. The maximum atomic E-state index is 13.5. The van der Waals surface area contributed by atoms with Gasteiger partial charge in [-0.1, -0.05) is 6.07 Å². The van der Waals surface area contributed by atoms with E-state index in [4.69, 9.17) is 4.42 Å². The van der Waals surface area contributed by atoms with Crippen molar-refractivity contribution in [2.24, 2.45) is 0 Å². The summed E-state index contributed by atoms with van der Waals surface area (Å²) < 4.78 is 85.4. The van der Waals surface area contributed by atoms with E-state index in [0.717, 1.165) is 10.7 Å². The van der Waals surface area contributed by atoms with E-state index in [2.05, 4.69) is 10.4 Å². The third-order valence-corrected chi connectivity index (χ3v) is 4.65. The Bertz CT molecular complexity index is 1130. The highest BCUT2D eigenvalue weighted by molar-refractivity contribution is 6.01. The molecule has 0 saturated carbocycles. The molecule has 3 rings (SSSR count). The van der Waals surface area contributed by atoms with E-state index in [0.29, 0.717) is 17.5 Å². The molecule has 2 heterocycles. The van der Waals surface area contributed by atoms with Gasteiger partial charge in [0, 0.05) is 12.3 Å². The van der Waals surface area contributed by atoms with Crippen LogP contribution >= 0.6 is 0 Å². The fourth-order valence-corrected chi connectivity index (χ4v) is 3.01. The highest BCUT2D eigenvalue weighted by Gasteiger charge is 2.39. The Kier molecular flexibility index (Phi) is 6.20. The summed E-state index contributed by atoms with van der Waals surface area (Å²) in [5.74, 6) is -0.0783. The zero-order valence-corrected chi connectivity index (χ0v) is 16.8. The Morgan fingerprint density at radius 1 is 1.16 bits per heavy atom. The van der Waals surface area contributed by atoms with Gasteiger partial charge in [0.05, 0.1) is 34.8 Å². The average Bonchev–Trinajstić information content (AvgIpc) is 3.34. The monoisotopic (exact) mass is 457 g/mol. The summed E-state index contributed by atoms with van der Waals surface area (Å²) in [6.45, 7) is 2.90. The van der Waals surface area contributed by atoms with Crippen LogP contribution in [0.5, 0.6) is 0 Å². The van der Waals surface area contributed by atoms with E-state index in [1.807, 2.05) is 0 Å². The summed E-state index contributed by atoms with van der Waals surface area (Å²) >= 11 is 0. The molecule has 0 saturated heterocycles. The molecule has 0 fully saturated rings. The lowest BCUT2D eigenvalue weighted by Crippen LogP contribution is -2.17. The summed E-state index contributed by atoms with van der Waals surface area (Å²) in [7, 11) is 0. The molecule has 3 aromatic rings. The van der Waals surface area contributed by atoms with Crippen LogP contribution < -0.4 is 5.32 Å². The molecule has 0 bridgehead atoms. The number of nitrogens with zero attached hydrogens (tertiary/aromatic N) is 2. The number of aromatic nitrogens is 2. The molecule has 11 heteroatoms. The molecule has 1 amide bonds. The van der Waals surface area contributed by atoms with Crippen LogP contribution in [0, 0.1) is 6.92 Å². The van der Waals surface area contributed by atoms with Crippen molar-refractivity contribution in [1.82, 2.24) is 9.78 Å². The van der Waals surface area contributed by atoms with Crippen molar-refractivity contribution in [3.05, 3.63) is 77.0 Å². The summed E-state index contributed by atoms with van der Waals surface area (Å²) in [5, 5.41) is 6.67. The number of amides is 1. The first-order chi connectivity index (χ1) is 14.9. The molecular weight excluding hydrogens is 440 g/mol. The van der Waals surface area contributed by atoms with Crippen molar-refractivity contribution in [1.29, 1.82) is 0 Å². The molecular formula is C21H17F6N3O2. The van der Waals surface area contributed by atoms with Crippen molar-refractivity contribution >= 4 is 17.7 Å². The van der Waals surface area contributed by atoms with Gasteiger partial charge in [-0.05, 0) is 49.8 Å². The summed E-state index contributed by atoms with van der Waals surface area (Å²) in [5.41, 5.74) is -2.62. The largest absolute Gasteiger partial charge is 0.465 e. The summed E-state index contributed by atoms with van der Waals surface area (Å²) in [6.07, 6.45) is -4.53. The Labute approximate surface area is 178 Å². The van der Waals surface area contributed by atoms with Crippen molar-refractivity contribution in [3.63, 3.8) is 0 Å². The molecule has 1 unspecified atom stereocenters. The van der Waals surface area contributed by atoms with Gasteiger partial charge in [0.15, 0.2) is 0 Å². The molecule has 5 nitrogen and oxygen atoms in total. The first-order valence-corrected chi connectivity index (χ1v) is 9.23. The topological polar surface area (TPSA) is 60.1 Å². The van der Waals surface area contributed by atoms with Crippen LogP contribution in [0.15, 0.2) is 53.3 Å². The number of benzene rings is 1. The van der Waals surface area contributed by atoms with E-state index in [1.165, 1.54) is 38.5 Å². The van der Waals surface area contributed by atoms with Crippen LogP contribution in [-0.2, 0) is 17.1 Å². The van der Waals surface area contributed by atoms with Crippen LogP contribution in [0.2, 0.25) is 0 Å². The lowest BCUT2D eigenvalue weighted by Gasteiger charge is -2.20. The first-order valence-electron chi connectivity index (χ1n) is 9.23. The van der Waals surface area contributed by atoms with Gasteiger partial charge in [0.1, 0.15) is 5.76 Å². The predicted octanol–water partition coefficient (Wildman–Crippen LogP) is 6.08. The molecule has 1 atom stereocenters. The minimum atomic E-state index is -5.00. The molecule has 0 aliphatic rings. The van der Waals surface area contributed by atoms with Crippen LogP contribution in [0.3, 0.4) is 0 Å². The fraction of sp³-hybridized carbons (Fsp3) is 0.238. The Morgan fingerprint density at radius 3 is 2.47 bits per heavy atom. The second kappa shape index (κ2) is 8.56. The highest BCUT2D eigenvalue weighted by Crippen LogP contribution is 2.40. The summed E-state index contributed by atoms with van der Waals surface area (Å²) in [4.78, 5) is 12.1. The maximum Gasteiger partial charge on any atom is 0.416 e. The number of carbonyl (C=O) groups is 1. The maximum absolute atomic E-state index is 13.5. The third-order valence-electron chi connectivity index (χ3n) is 4.65. The predicted molar refractivity (Wildman–Crippen MR) is 104 cm³/mol. The van der Waals surface area contributed by atoms with Crippen LogP contribution in [0.25, 0.3) is 6.08 Å². The van der Waals surface area contributed by atoms with Gasteiger partial charge in [0.25, 0.3) is 0 Å². The van der Waals surface area contributed by atoms with Crippen LogP contribution in [0.4, 0.5) is 32.0 Å². The number of rotatable bonds is 5. The second-order valence-electron chi connectivity index (χ2n) is 6.92. The number of aryl methyl sites for hydroxylation is 1. The molecule has 32 heavy (non-hydrogen) atoms. The van der Waals surface area contributed by atoms with Crippen LogP contribution in [0.1, 0.15) is 41.1 Å². The zero-order valence-electron chi connectivity index (χ0n) is 16.8. The van der Waals surface area contributed by atoms with E-state index in [-0.39, 0.29) is 17.3 Å². The number of carbonyl (C=O) groups excluding carboxylic acids is 1. The number of hydrogen-bond acceptors (Lipinski definition) is 3. The van der Waals surface area contributed by atoms with Gasteiger partial charge in [-0.15, -0.1) is 0 Å². The highest BCUT2D eigenvalue weighted by atomic mass is 19.4. The third kappa shape index (κ3) is 5.21. The lowest BCUT2D eigenvalue weighted by molar-refractivity contribution is -0.143. The quantitative estimate of drug-likeness (QED) is 0.373.